The zero-order chi connectivity index (χ0) is 42.4. The Morgan fingerprint density at radius 1 is 0.864 bits per heavy atom. The van der Waals surface area contributed by atoms with Crippen LogP contribution in [0.15, 0.2) is 59.7 Å². The topological polar surface area (TPSA) is 229 Å². The predicted molar refractivity (Wildman–Crippen MR) is 206 cm³/mol. The fraction of sp³-hybridized carbons (Fsp3) is 0.459. The van der Waals surface area contributed by atoms with Crippen molar-refractivity contribution in [3.8, 4) is 0 Å². The highest BCUT2D eigenvalue weighted by atomic mass is 32.1. The number of hydrogen-bond acceptors (Lipinski definition) is 16. The number of imide groups is 1. The maximum Gasteiger partial charge on any atom is 0.349 e. The number of fused-ring (bicyclic) bond motifs is 1. The Hall–Kier alpha value is -6.10. The summed E-state index contributed by atoms with van der Waals surface area (Å²) >= 11 is 5.95. The molecule has 0 aliphatic carbocycles. The van der Waals surface area contributed by atoms with Crippen molar-refractivity contribution < 1.29 is 62.1 Å². The first-order valence-corrected chi connectivity index (χ1v) is 18.9. The molecule has 314 valence electrons. The number of non-ortho nitro benzene ring substituents is 1. The van der Waals surface area contributed by atoms with Crippen LogP contribution in [-0.2, 0) is 47.6 Å². The molecule has 4 heterocycles. The molecule has 0 spiro atoms. The van der Waals surface area contributed by atoms with E-state index in [1.54, 1.807) is 18.2 Å². The molecule has 4 fully saturated rings. The van der Waals surface area contributed by atoms with Crippen LogP contribution in [0.25, 0.3) is 0 Å². The molecule has 4 saturated heterocycles. The van der Waals surface area contributed by atoms with E-state index >= 15 is 4.79 Å². The minimum Gasteiger partial charge on any atom is -0.462 e. The second-order valence-electron chi connectivity index (χ2n) is 13.5. The summed E-state index contributed by atoms with van der Waals surface area (Å²) in [7, 11) is 0. The summed E-state index contributed by atoms with van der Waals surface area (Å²) in [5.74, 6) is -3.32. The average molecular weight is 840 g/mol. The van der Waals surface area contributed by atoms with Crippen LogP contribution >= 0.6 is 12.2 Å². The maximum atomic E-state index is 15.4. The number of hydrogen-bond donors (Lipinski definition) is 0. The number of urea groups is 2. The van der Waals surface area contributed by atoms with Gasteiger partial charge in [-0.15, -0.1) is 5.01 Å². The molecule has 2 aromatic carbocycles. The van der Waals surface area contributed by atoms with E-state index < -0.39 is 83.7 Å². The van der Waals surface area contributed by atoms with Gasteiger partial charge in [0, 0.05) is 70.3 Å². The first-order chi connectivity index (χ1) is 28.3. The Balaban J connectivity index is 1.51. The van der Waals surface area contributed by atoms with Gasteiger partial charge in [0.25, 0.3) is 11.6 Å². The number of carbonyl (C=O) groups excluding carboxylic acids is 6. The maximum absolute atomic E-state index is 15.4. The monoisotopic (exact) mass is 839 g/mol. The van der Waals surface area contributed by atoms with Crippen LogP contribution in [-0.4, -0.2) is 161 Å². The van der Waals surface area contributed by atoms with Gasteiger partial charge in [0.15, 0.2) is 29.3 Å². The van der Waals surface area contributed by atoms with Gasteiger partial charge >= 0.3 is 30.0 Å². The standard InChI is InChI=1S/C37H41N7O14S/c1-22(45)55-21-28(56-23(2)46)31-32(57-24(3)47)30-34(58-31)41(26-9-11-27(12-10-26)44(51)52)37(59)42(30)33(48)29(25-7-5-4-6-8-25)38-43(35(49)39-13-17-53-18-14-39)36(50)40-15-19-54-20-16-40/h4-12,28,30-32,34H,13-21H2,1-3H3/b38-29+/t28-,30-,31-,32-,34+/m1/s1. The molecule has 0 radical (unpaired) electrons. The lowest BCUT2D eigenvalue weighted by molar-refractivity contribution is -0.384. The molecule has 21 nitrogen and oxygen atoms in total. The Bertz CT molecular complexity index is 1960. The number of carbonyl (C=O) groups is 6. The number of ether oxygens (including phenoxy) is 6. The first-order valence-electron chi connectivity index (χ1n) is 18.5. The van der Waals surface area contributed by atoms with Crippen molar-refractivity contribution in [2.24, 2.45) is 5.10 Å². The third-order valence-corrected chi connectivity index (χ3v) is 9.98. The van der Waals surface area contributed by atoms with Crippen LogP contribution in [0.4, 0.5) is 21.0 Å². The largest absolute Gasteiger partial charge is 0.462 e. The van der Waals surface area contributed by atoms with Crippen molar-refractivity contribution in [2.75, 3.05) is 64.1 Å². The molecule has 0 bridgehead atoms. The van der Waals surface area contributed by atoms with Gasteiger partial charge in [-0.1, -0.05) is 30.3 Å². The van der Waals surface area contributed by atoms with Crippen molar-refractivity contribution in [1.82, 2.24) is 19.7 Å². The van der Waals surface area contributed by atoms with Gasteiger partial charge < -0.3 is 38.2 Å². The Labute approximate surface area is 342 Å². The minimum absolute atomic E-state index is 0.139. The third kappa shape index (κ3) is 9.46. The Kier molecular flexibility index (Phi) is 13.4. The fourth-order valence-corrected chi connectivity index (χ4v) is 7.36. The molecule has 2 aromatic rings. The lowest BCUT2D eigenvalue weighted by Gasteiger charge is -2.34. The number of benzene rings is 2. The molecular formula is C37H41N7O14S. The van der Waals surface area contributed by atoms with Gasteiger partial charge in [0.1, 0.15) is 18.8 Å². The summed E-state index contributed by atoms with van der Waals surface area (Å²) in [4.78, 5) is 96.9. The van der Waals surface area contributed by atoms with Crippen molar-refractivity contribution >= 4 is 70.3 Å². The molecule has 0 saturated carbocycles. The van der Waals surface area contributed by atoms with E-state index in [-0.39, 0.29) is 74.7 Å². The van der Waals surface area contributed by atoms with Crippen LogP contribution in [0.1, 0.15) is 26.3 Å². The molecule has 0 N–H and O–H groups in total. The highest BCUT2D eigenvalue weighted by Crippen LogP contribution is 2.42. The Morgan fingerprint density at radius 2 is 1.44 bits per heavy atom. The van der Waals surface area contributed by atoms with Gasteiger partial charge in [-0.25, -0.2) is 9.59 Å². The van der Waals surface area contributed by atoms with Crippen LogP contribution in [0.2, 0.25) is 0 Å². The number of nitro groups is 1. The predicted octanol–water partition coefficient (Wildman–Crippen LogP) is 1.66. The molecule has 59 heavy (non-hydrogen) atoms. The zero-order valence-electron chi connectivity index (χ0n) is 32.2. The second kappa shape index (κ2) is 18.7. The second-order valence-corrected chi connectivity index (χ2v) is 13.9. The van der Waals surface area contributed by atoms with E-state index in [4.69, 9.17) is 40.6 Å². The number of esters is 3. The summed E-state index contributed by atoms with van der Waals surface area (Å²) in [5.41, 5.74) is -0.313. The molecule has 0 aromatic heterocycles. The molecule has 4 aliphatic heterocycles. The molecule has 22 heteroatoms. The zero-order valence-corrected chi connectivity index (χ0v) is 33.0. The molecular weight excluding hydrogens is 799 g/mol. The molecule has 4 aliphatic rings. The lowest BCUT2D eigenvalue weighted by atomic mass is 10.0. The summed E-state index contributed by atoms with van der Waals surface area (Å²) in [6, 6.07) is 10.1. The molecule has 6 rings (SSSR count). The molecule has 0 unspecified atom stereocenters. The number of anilines is 1. The smallest absolute Gasteiger partial charge is 0.349 e. The number of thiocarbonyl (C=S) groups is 1. The van der Waals surface area contributed by atoms with Gasteiger partial charge in [-0.2, -0.15) is 5.10 Å². The van der Waals surface area contributed by atoms with Crippen LogP contribution in [0, 0.1) is 10.1 Å². The average Bonchev–Trinajstić information content (AvgIpc) is 3.71. The third-order valence-electron chi connectivity index (χ3n) is 9.58. The van der Waals surface area contributed by atoms with E-state index in [2.05, 4.69) is 5.10 Å². The quantitative estimate of drug-likeness (QED) is 0.0827. The van der Waals surface area contributed by atoms with E-state index in [0.29, 0.717) is 5.01 Å². The summed E-state index contributed by atoms with van der Waals surface area (Å²) in [5, 5.41) is 16.4. The summed E-state index contributed by atoms with van der Waals surface area (Å²) in [6.45, 7) is 4.17. The van der Waals surface area contributed by atoms with Gasteiger partial charge in [-0.05, 0) is 24.4 Å². The summed E-state index contributed by atoms with van der Waals surface area (Å²) < 4.78 is 33.8. The van der Waals surface area contributed by atoms with E-state index in [0.717, 1.165) is 25.7 Å². The molecule has 5 amide bonds. The highest BCUT2D eigenvalue weighted by Gasteiger charge is 2.62. The van der Waals surface area contributed by atoms with E-state index in [9.17, 15) is 34.1 Å². The Morgan fingerprint density at radius 3 is 1.95 bits per heavy atom. The van der Waals surface area contributed by atoms with Crippen molar-refractivity contribution in [3.05, 3.63) is 70.3 Å². The number of nitro benzene ring substituents is 1. The lowest BCUT2D eigenvalue weighted by Crippen LogP contribution is -2.55. The van der Waals surface area contributed by atoms with Crippen molar-refractivity contribution in [2.45, 2.75) is 51.4 Å². The van der Waals surface area contributed by atoms with Crippen molar-refractivity contribution in [3.63, 3.8) is 0 Å². The van der Waals surface area contributed by atoms with Gasteiger partial charge in [0.2, 0.25) is 0 Å². The van der Waals surface area contributed by atoms with Crippen LogP contribution in [0.3, 0.4) is 0 Å². The fourth-order valence-electron chi connectivity index (χ4n) is 6.95. The first kappa shape index (κ1) is 42.5. The number of hydrazone groups is 1. The van der Waals surface area contributed by atoms with Crippen LogP contribution < -0.4 is 4.90 Å². The number of rotatable bonds is 10. The van der Waals surface area contributed by atoms with Gasteiger partial charge in [0.05, 0.1) is 31.4 Å². The van der Waals surface area contributed by atoms with Gasteiger partial charge in [-0.3, -0.25) is 39.1 Å². The normalized spacial score (nSPS) is 22.3. The highest BCUT2D eigenvalue weighted by molar-refractivity contribution is 7.80. The van der Waals surface area contributed by atoms with Crippen LogP contribution in [0.5, 0.6) is 0 Å². The SMILES string of the molecule is CC(=O)OC[C@@H](OC(C)=O)[C@H]1O[C@H]2[C@@H]([C@H]1OC(C)=O)N(C(=O)/C(=N/N(C(=O)N1CCOCC1)C(=O)N1CCOCC1)c1ccccc1)C(=S)N2c1ccc([N+](=O)[O-])cc1. The summed E-state index contributed by atoms with van der Waals surface area (Å²) in [6.07, 6.45) is -5.57. The number of amides is 5. The number of morpholine rings is 2. The number of nitrogens with zero attached hydrogens (tertiary/aromatic N) is 7. The minimum atomic E-state index is -1.47. The molecule has 5 atom stereocenters. The van der Waals surface area contributed by atoms with E-state index in [1.165, 1.54) is 51.1 Å². The van der Waals surface area contributed by atoms with Crippen molar-refractivity contribution in [1.29, 1.82) is 0 Å². The van der Waals surface area contributed by atoms with E-state index in [1.807, 2.05) is 0 Å².